The smallest absolute Gasteiger partial charge is 0.282 e. The fourth-order valence-electron chi connectivity index (χ4n) is 3.51. The predicted molar refractivity (Wildman–Crippen MR) is 120 cm³/mol. The SMILES string of the molecule is COc1ccc2c(c1)c(=O)n(Cc1cc([N+](=O)[O-])ccc1O)n2S(=O)(=O)c1ccc(C)cc1. The zero-order valence-electron chi connectivity index (χ0n) is 17.6. The fourth-order valence-corrected chi connectivity index (χ4v) is 5.00. The summed E-state index contributed by atoms with van der Waals surface area (Å²) >= 11 is 0. The molecule has 0 fully saturated rings. The highest BCUT2D eigenvalue weighted by Gasteiger charge is 2.26. The van der Waals surface area contributed by atoms with E-state index in [2.05, 4.69) is 0 Å². The Morgan fingerprint density at radius 3 is 2.39 bits per heavy atom. The minimum atomic E-state index is -4.25. The Morgan fingerprint density at radius 2 is 1.76 bits per heavy atom. The average molecular weight is 469 g/mol. The lowest BCUT2D eigenvalue weighted by Gasteiger charge is -2.14. The monoisotopic (exact) mass is 469 g/mol. The number of aromatic hydroxyl groups is 1. The van der Waals surface area contributed by atoms with Crippen LogP contribution < -0.4 is 10.3 Å². The first-order chi connectivity index (χ1) is 15.6. The quantitative estimate of drug-likeness (QED) is 0.339. The summed E-state index contributed by atoms with van der Waals surface area (Å²) in [5.74, 6) is 0.0458. The molecule has 0 radical (unpaired) electrons. The van der Waals surface area contributed by atoms with Gasteiger partial charge in [0, 0.05) is 17.7 Å². The van der Waals surface area contributed by atoms with E-state index in [1.54, 1.807) is 12.1 Å². The summed E-state index contributed by atoms with van der Waals surface area (Å²) in [7, 11) is -2.83. The van der Waals surface area contributed by atoms with Crippen molar-refractivity contribution in [1.82, 2.24) is 8.77 Å². The van der Waals surface area contributed by atoms with E-state index in [0.717, 1.165) is 32.5 Å². The highest BCUT2D eigenvalue weighted by molar-refractivity contribution is 7.90. The number of hydrogen-bond donors (Lipinski definition) is 1. The van der Waals surface area contributed by atoms with Gasteiger partial charge < -0.3 is 9.84 Å². The number of phenolic OH excluding ortho intramolecular Hbond substituents is 1. The van der Waals surface area contributed by atoms with Crippen LogP contribution >= 0.6 is 0 Å². The molecule has 1 heterocycles. The number of aryl methyl sites for hydroxylation is 1. The summed E-state index contributed by atoms with van der Waals surface area (Å²) < 4.78 is 34.1. The Bertz CT molecular complexity index is 1550. The van der Waals surface area contributed by atoms with E-state index in [1.165, 1.54) is 37.4 Å². The first kappa shape index (κ1) is 22.1. The molecular weight excluding hydrogens is 450 g/mol. The summed E-state index contributed by atoms with van der Waals surface area (Å²) in [5.41, 5.74) is 0.00902. The molecule has 0 aliphatic carbocycles. The zero-order valence-corrected chi connectivity index (χ0v) is 18.4. The topological polar surface area (TPSA) is 134 Å². The Kier molecular flexibility index (Phi) is 5.42. The molecule has 4 aromatic rings. The van der Waals surface area contributed by atoms with Crippen molar-refractivity contribution in [2.45, 2.75) is 18.4 Å². The standard InChI is InChI=1S/C22H19N3O7S/c1-14-3-7-18(8-4-14)33(30,31)24-20-9-6-17(32-2)12-19(20)22(27)23(24)13-15-11-16(25(28)29)5-10-21(15)26/h3-12,26H,13H2,1-2H3. The van der Waals surface area contributed by atoms with Gasteiger partial charge in [0.1, 0.15) is 11.5 Å². The lowest BCUT2D eigenvalue weighted by atomic mass is 10.2. The third kappa shape index (κ3) is 3.82. The number of nitro groups is 1. The van der Waals surface area contributed by atoms with Gasteiger partial charge in [0.15, 0.2) is 0 Å². The molecule has 0 atom stereocenters. The Labute approximate surface area is 188 Å². The second-order valence-corrected chi connectivity index (χ2v) is 9.14. The number of ether oxygens (including phenoxy) is 1. The lowest BCUT2D eigenvalue weighted by molar-refractivity contribution is -0.384. The molecule has 0 saturated carbocycles. The number of methoxy groups -OCH3 is 1. The summed E-state index contributed by atoms with van der Waals surface area (Å²) in [6, 6.07) is 13.9. The van der Waals surface area contributed by atoms with Crippen LogP contribution in [0.3, 0.4) is 0 Å². The maximum absolute atomic E-state index is 13.6. The maximum Gasteiger partial charge on any atom is 0.282 e. The molecule has 0 unspecified atom stereocenters. The first-order valence-corrected chi connectivity index (χ1v) is 11.2. The molecule has 170 valence electrons. The van der Waals surface area contributed by atoms with Gasteiger partial charge in [0.25, 0.3) is 21.3 Å². The molecule has 0 bridgehead atoms. The highest BCUT2D eigenvalue weighted by atomic mass is 32.2. The number of rotatable bonds is 6. The van der Waals surface area contributed by atoms with Gasteiger partial charge >= 0.3 is 0 Å². The normalized spacial score (nSPS) is 11.6. The number of fused-ring (bicyclic) bond motifs is 1. The number of aromatic nitrogens is 2. The minimum Gasteiger partial charge on any atom is -0.508 e. The van der Waals surface area contributed by atoms with Crippen LogP contribution in [0, 0.1) is 17.0 Å². The van der Waals surface area contributed by atoms with Gasteiger partial charge in [-0.1, -0.05) is 17.7 Å². The van der Waals surface area contributed by atoms with Crippen molar-refractivity contribution in [3.05, 3.63) is 92.3 Å². The van der Waals surface area contributed by atoms with Crippen molar-refractivity contribution in [2.75, 3.05) is 7.11 Å². The Morgan fingerprint density at radius 1 is 1.06 bits per heavy atom. The Hall–Kier alpha value is -4.12. The molecule has 10 nitrogen and oxygen atoms in total. The van der Waals surface area contributed by atoms with Crippen molar-refractivity contribution in [1.29, 1.82) is 0 Å². The van der Waals surface area contributed by atoms with E-state index in [-0.39, 0.29) is 32.8 Å². The van der Waals surface area contributed by atoms with E-state index in [4.69, 9.17) is 4.74 Å². The fraction of sp³-hybridized carbons (Fsp3) is 0.136. The summed E-state index contributed by atoms with van der Waals surface area (Å²) in [5, 5.41) is 21.5. The van der Waals surface area contributed by atoms with Gasteiger partial charge in [-0.25, -0.2) is 4.68 Å². The number of non-ortho nitro benzene ring substituents is 1. The molecule has 4 rings (SSSR count). The van der Waals surface area contributed by atoms with Crippen LogP contribution in [0.25, 0.3) is 10.9 Å². The van der Waals surface area contributed by atoms with Crippen molar-refractivity contribution in [2.24, 2.45) is 0 Å². The number of nitro benzene ring substituents is 1. The maximum atomic E-state index is 13.6. The average Bonchev–Trinajstić information content (AvgIpc) is 3.06. The van der Waals surface area contributed by atoms with E-state index in [0.29, 0.717) is 5.75 Å². The summed E-state index contributed by atoms with van der Waals surface area (Å²) in [6.07, 6.45) is 0. The lowest BCUT2D eigenvalue weighted by Crippen LogP contribution is -2.28. The third-order valence-electron chi connectivity index (χ3n) is 5.23. The molecule has 0 aliphatic heterocycles. The minimum absolute atomic E-state index is 0.0152. The van der Waals surface area contributed by atoms with E-state index in [9.17, 15) is 28.4 Å². The van der Waals surface area contributed by atoms with Gasteiger partial charge in [-0.15, -0.1) is 0 Å². The van der Waals surface area contributed by atoms with Crippen molar-refractivity contribution in [3.63, 3.8) is 0 Å². The number of nitrogens with zero attached hydrogens (tertiary/aromatic N) is 3. The van der Waals surface area contributed by atoms with E-state index >= 15 is 0 Å². The first-order valence-electron chi connectivity index (χ1n) is 9.71. The van der Waals surface area contributed by atoms with Gasteiger partial charge in [0.05, 0.1) is 34.4 Å². The molecule has 33 heavy (non-hydrogen) atoms. The van der Waals surface area contributed by atoms with Crippen LogP contribution in [0.1, 0.15) is 11.1 Å². The molecule has 0 amide bonds. The van der Waals surface area contributed by atoms with Crippen LogP contribution in [-0.4, -0.2) is 34.3 Å². The number of phenols is 1. The molecule has 1 N–H and O–H groups in total. The molecule has 0 saturated heterocycles. The highest BCUT2D eigenvalue weighted by Crippen LogP contribution is 2.27. The van der Waals surface area contributed by atoms with Crippen molar-refractivity contribution < 1.29 is 23.2 Å². The molecule has 11 heteroatoms. The van der Waals surface area contributed by atoms with Crippen molar-refractivity contribution >= 4 is 26.6 Å². The van der Waals surface area contributed by atoms with Crippen LogP contribution in [-0.2, 0) is 16.6 Å². The van der Waals surface area contributed by atoms with Crippen LogP contribution in [0.2, 0.25) is 0 Å². The second-order valence-electron chi connectivity index (χ2n) is 7.38. The molecular formula is C22H19N3O7S. The van der Waals surface area contributed by atoms with Gasteiger partial charge in [-0.05, 0) is 43.3 Å². The Balaban J connectivity index is 2.01. The predicted octanol–water partition coefficient (Wildman–Crippen LogP) is 3.02. The van der Waals surface area contributed by atoms with Crippen LogP contribution in [0.5, 0.6) is 11.5 Å². The van der Waals surface area contributed by atoms with Crippen molar-refractivity contribution in [3.8, 4) is 11.5 Å². The van der Waals surface area contributed by atoms with E-state index in [1.807, 2.05) is 6.92 Å². The van der Waals surface area contributed by atoms with E-state index < -0.39 is 27.1 Å². The largest absolute Gasteiger partial charge is 0.508 e. The third-order valence-corrected chi connectivity index (χ3v) is 6.95. The van der Waals surface area contributed by atoms with Gasteiger partial charge in [-0.3, -0.25) is 14.9 Å². The van der Waals surface area contributed by atoms with Gasteiger partial charge in [0.2, 0.25) is 0 Å². The number of benzene rings is 3. The van der Waals surface area contributed by atoms with Crippen LogP contribution in [0.15, 0.2) is 70.4 Å². The number of hydrogen-bond acceptors (Lipinski definition) is 7. The summed E-state index contributed by atoms with van der Waals surface area (Å²) in [6.45, 7) is 1.39. The molecule has 3 aromatic carbocycles. The zero-order chi connectivity index (χ0) is 23.9. The van der Waals surface area contributed by atoms with Crippen LogP contribution in [0.4, 0.5) is 5.69 Å². The molecule has 0 aliphatic rings. The van der Waals surface area contributed by atoms with Gasteiger partial charge in [-0.2, -0.15) is 12.5 Å². The summed E-state index contributed by atoms with van der Waals surface area (Å²) in [4.78, 5) is 23.8. The molecule has 0 spiro atoms. The molecule has 1 aromatic heterocycles. The second kappa shape index (κ2) is 8.10.